The lowest BCUT2D eigenvalue weighted by Gasteiger charge is -2.27. The third-order valence-corrected chi connectivity index (χ3v) is 5.64. The molecule has 0 bridgehead atoms. The fraction of sp³-hybridized carbons (Fsp3) is 0.350. The van der Waals surface area contributed by atoms with E-state index in [9.17, 15) is 4.79 Å². The fourth-order valence-corrected chi connectivity index (χ4v) is 4.05. The van der Waals surface area contributed by atoms with E-state index < -0.39 is 0 Å². The van der Waals surface area contributed by atoms with Crippen molar-refractivity contribution in [1.82, 2.24) is 14.8 Å². The summed E-state index contributed by atoms with van der Waals surface area (Å²) in [4.78, 5) is 14.6. The summed E-state index contributed by atoms with van der Waals surface area (Å²) in [6.07, 6.45) is 0. The fourth-order valence-electron chi connectivity index (χ4n) is 3.26. The molecule has 28 heavy (non-hydrogen) atoms. The van der Waals surface area contributed by atoms with Crippen LogP contribution in [0.1, 0.15) is 6.92 Å². The Labute approximate surface area is 168 Å². The van der Waals surface area contributed by atoms with Crippen molar-refractivity contribution >= 4 is 40.1 Å². The Morgan fingerprint density at radius 3 is 2.71 bits per heavy atom. The maximum atomic E-state index is 12.4. The van der Waals surface area contributed by atoms with Crippen LogP contribution >= 0.6 is 11.8 Å². The highest BCUT2D eigenvalue weighted by Gasteiger charge is 2.20. The van der Waals surface area contributed by atoms with Crippen molar-refractivity contribution in [3.05, 3.63) is 42.5 Å². The number of hydrogen-bond acceptors (Lipinski definition) is 6. The number of rotatable bonds is 6. The molecule has 0 atom stereocenters. The maximum Gasteiger partial charge on any atom is 0.234 e. The van der Waals surface area contributed by atoms with Gasteiger partial charge in [-0.15, -0.1) is 10.2 Å². The lowest BCUT2D eigenvalue weighted by molar-refractivity contribution is -0.113. The van der Waals surface area contributed by atoms with Crippen LogP contribution in [0.4, 0.5) is 11.6 Å². The predicted molar refractivity (Wildman–Crippen MR) is 112 cm³/mol. The van der Waals surface area contributed by atoms with Gasteiger partial charge >= 0.3 is 0 Å². The summed E-state index contributed by atoms with van der Waals surface area (Å²) < 4.78 is 7.46. The van der Waals surface area contributed by atoms with Gasteiger partial charge in [0.05, 0.1) is 19.0 Å². The molecular weight excluding hydrogens is 374 g/mol. The van der Waals surface area contributed by atoms with Crippen molar-refractivity contribution in [1.29, 1.82) is 0 Å². The second-order valence-electron chi connectivity index (χ2n) is 6.53. The van der Waals surface area contributed by atoms with Crippen molar-refractivity contribution in [3.63, 3.8) is 0 Å². The van der Waals surface area contributed by atoms with Crippen molar-refractivity contribution < 1.29 is 9.53 Å². The second kappa shape index (κ2) is 8.62. The number of nitrogens with zero attached hydrogens (tertiary/aromatic N) is 4. The number of hydrogen-bond donors (Lipinski definition) is 1. The molecule has 1 aliphatic rings. The highest BCUT2D eigenvalue weighted by atomic mass is 32.2. The summed E-state index contributed by atoms with van der Waals surface area (Å²) >= 11 is 1.41. The zero-order valence-electron chi connectivity index (χ0n) is 15.8. The first-order valence-corrected chi connectivity index (χ1v) is 10.4. The molecule has 1 amide bonds. The van der Waals surface area contributed by atoms with Crippen LogP contribution in [-0.2, 0) is 16.1 Å². The first-order chi connectivity index (χ1) is 13.7. The van der Waals surface area contributed by atoms with Crippen LogP contribution in [0.5, 0.6) is 0 Å². The number of amides is 1. The normalized spacial score (nSPS) is 14.4. The van der Waals surface area contributed by atoms with Gasteiger partial charge in [0.15, 0.2) is 5.16 Å². The van der Waals surface area contributed by atoms with Crippen LogP contribution in [0.2, 0.25) is 0 Å². The number of anilines is 2. The van der Waals surface area contributed by atoms with Crippen LogP contribution in [-0.4, -0.2) is 52.7 Å². The van der Waals surface area contributed by atoms with Gasteiger partial charge in [0, 0.05) is 25.3 Å². The molecule has 0 saturated carbocycles. The van der Waals surface area contributed by atoms with Crippen LogP contribution in [0.25, 0.3) is 10.8 Å². The lowest BCUT2D eigenvalue weighted by atomic mass is 10.1. The summed E-state index contributed by atoms with van der Waals surface area (Å²) in [5.74, 6) is 1.08. The highest BCUT2D eigenvalue weighted by Crippen LogP contribution is 2.23. The molecule has 8 heteroatoms. The molecule has 1 aromatic heterocycles. The molecule has 146 valence electrons. The Hall–Kier alpha value is -2.58. The van der Waals surface area contributed by atoms with Gasteiger partial charge in [-0.1, -0.05) is 42.1 Å². The molecule has 0 radical (unpaired) electrons. The SMILES string of the molecule is CCn1c(SCC(=O)Nc2ccc3ccccc3c2)nnc1N1CCOCC1. The predicted octanol–water partition coefficient (Wildman–Crippen LogP) is 3.02. The first-order valence-electron chi connectivity index (χ1n) is 9.42. The van der Waals surface area contributed by atoms with E-state index in [2.05, 4.69) is 38.0 Å². The van der Waals surface area contributed by atoms with E-state index in [1.807, 2.05) is 36.4 Å². The van der Waals surface area contributed by atoms with Gasteiger partial charge in [0.1, 0.15) is 0 Å². The van der Waals surface area contributed by atoms with Gasteiger partial charge in [-0.05, 0) is 29.8 Å². The summed E-state index contributed by atoms with van der Waals surface area (Å²) in [7, 11) is 0. The average molecular weight is 398 g/mol. The minimum atomic E-state index is -0.0566. The van der Waals surface area contributed by atoms with Crippen molar-refractivity contribution in [3.8, 4) is 0 Å². The quantitative estimate of drug-likeness (QED) is 0.645. The minimum Gasteiger partial charge on any atom is -0.378 e. The molecule has 3 aromatic rings. The first kappa shape index (κ1) is 18.8. The van der Waals surface area contributed by atoms with Crippen LogP contribution < -0.4 is 10.2 Å². The van der Waals surface area contributed by atoms with Crippen LogP contribution in [0, 0.1) is 0 Å². The van der Waals surface area contributed by atoms with Crippen molar-refractivity contribution in [2.75, 3.05) is 42.3 Å². The summed E-state index contributed by atoms with van der Waals surface area (Å²) in [6, 6.07) is 14.0. The Morgan fingerprint density at radius 1 is 1.14 bits per heavy atom. The number of thioether (sulfide) groups is 1. The number of carbonyl (C=O) groups excluding carboxylic acids is 1. The number of ether oxygens (including phenoxy) is 1. The number of fused-ring (bicyclic) bond motifs is 1. The van der Waals surface area contributed by atoms with Gasteiger partial charge in [0.2, 0.25) is 11.9 Å². The molecule has 0 spiro atoms. The van der Waals surface area contributed by atoms with Gasteiger partial charge in [-0.25, -0.2) is 0 Å². The summed E-state index contributed by atoms with van der Waals surface area (Å²) in [5, 5.41) is 14.6. The molecule has 1 N–H and O–H groups in total. The molecule has 1 aliphatic heterocycles. The smallest absolute Gasteiger partial charge is 0.234 e. The third-order valence-electron chi connectivity index (χ3n) is 4.67. The molecular formula is C20H23N5O2S. The average Bonchev–Trinajstić information content (AvgIpc) is 3.16. The Morgan fingerprint density at radius 2 is 1.93 bits per heavy atom. The molecule has 7 nitrogen and oxygen atoms in total. The number of morpholine rings is 1. The van der Waals surface area contributed by atoms with Crippen LogP contribution in [0.3, 0.4) is 0 Å². The van der Waals surface area contributed by atoms with E-state index in [0.717, 1.165) is 47.2 Å². The highest BCUT2D eigenvalue weighted by molar-refractivity contribution is 7.99. The molecule has 0 unspecified atom stereocenters. The number of nitrogens with one attached hydrogen (secondary N) is 1. The van der Waals surface area contributed by atoms with E-state index >= 15 is 0 Å². The van der Waals surface area contributed by atoms with Crippen molar-refractivity contribution in [2.24, 2.45) is 0 Å². The number of carbonyl (C=O) groups is 1. The molecule has 4 rings (SSSR count). The standard InChI is InChI=1S/C20H23N5O2S/c1-2-25-19(24-9-11-27-12-10-24)22-23-20(25)28-14-18(26)21-17-8-7-15-5-3-4-6-16(15)13-17/h3-8,13H,2,9-12,14H2,1H3,(H,21,26). The lowest BCUT2D eigenvalue weighted by Crippen LogP contribution is -2.38. The number of benzene rings is 2. The van der Waals surface area contributed by atoms with Crippen molar-refractivity contribution in [2.45, 2.75) is 18.6 Å². The van der Waals surface area contributed by atoms with E-state index in [-0.39, 0.29) is 11.7 Å². The van der Waals surface area contributed by atoms with E-state index in [4.69, 9.17) is 4.74 Å². The summed E-state index contributed by atoms with van der Waals surface area (Å²) in [5.41, 5.74) is 0.801. The molecule has 1 fully saturated rings. The zero-order valence-corrected chi connectivity index (χ0v) is 16.6. The second-order valence-corrected chi connectivity index (χ2v) is 7.47. The van der Waals surface area contributed by atoms with Gasteiger partial charge < -0.3 is 15.0 Å². The Kier molecular flexibility index (Phi) is 5.78. The van der Waals surface area contributed by atoms with Gasteiger partial charge in [0.25, 0.3) is 0 Å². The van der Waals surface area contributed by atoms with Crippen LogP contribution in [0.15, 0.2) is 47.6 Å². The van der Waals surface area contributed by atoms with E-state index in [1.165, 1.54) is 11.8 Å². The molecule has 2 aromatic carbocycles. The topological polar surface area (TPSA) is 72.3 Å². The third kappa shape index (κ3) is 4.13. The van der Waals surface area contributed by atoms with Gasteiger partial charge in [-0.2, -0.15) is 0 Å². The van der Waals surface area contributed by atoms with E-state index in [0.29, 0.717) is 13.2 Å². The molecule has 1 saturated heterocycles. The zero-order chi connectivity index (χ0) is 19.3. The Bertz CT molecular complexity index is 968. The number of aromatic nitrogens is 3. The summed E-state index contributed by atoms with van der Waals surface area (Å²) in [6.45, 7) is 5.85. The van der Waals surface area contributed by atoms with E-state index in [1.54, 1.807) is 0 Å². The molecule has 2 heterocycles. The maximum absolute atomic E-state index is 12.4. The minimum absolute atomic E-state index is 0.0566. The van der Waals surface area contributed by atoms with Gasteiger partial charge in [-0.3, -0.25) is 9.36 Å². The monoisotopic (exact) mass is 397 g/mol. The molecule has 0 aliphatic carbocycles. The Balaban J connectivity index is 1.39. The largest absolute Gasteiger partial charge is 0.378 e.